The van der Waals surface area contributed by atoms with E-state index in [9.17, 15) is 4.79 Å². The summed E-state index contributed by atoms with van der Waals surface area (Å²) in [6.07, 6.45) is 2.36. The van der Waals surface area contributed by atoms with Gasteiger partial charge in [-0.25, -0.2) is 5.01 Å². The van der Waals surface area contributed by atoms with E-state index in [2.05, 4.69) is 15.3 Å². The highest BCUT2D eigenvalue weighted by Crippen LogP contribution is 2.28. The molecule has 1 aliphatic rings. The van der Waals surface area contributed by atoms with Crippen molar-refractivity contribution >= 4 is 23.4 Å². The number of para-hydroxylation sites is 1. The molecule has 5 rings (SSSR count). The Morgan fingerprint density at radius 2 is 1.74 bits per heavy atom. The number of carbonyl (C=O) groups is 1. The van der Waals surface area contributed by atoms with E-state index >= 15 is 0 Å². The maximum atomic E-state index is 12.8. The van der Waals surface area contributed by atoms with Crippen LogP contribution < -0.4 is 0 Å². The van der Waals surface area contributed by atoms with Crippen LogP contribution in [-0.2, 0) is 4.79 Å². The monoisotopic (exact) mass is 429 g/mol. The molecule has 0 bridgehead atoms. The van der Waals surface area contributed by atoms with E-state index in [0.29, 0.717) is 23.3 Å². The molecule has 0 saturated heterocycles. The molecule has 0 unspecified atom stereocenters. The SMILES string of the molecule is O=C(CSc1nnc(-c2ccco2)n1-c1ccccc1)N1CCC(c2ccccc2)=N1. The number of benzene rings is 2. The molecule has 0 saturated carbocycles. The second-order valence-electron chi connectivity index (χ2n) is 6.92. The number of hydrogen-bond acceptors (Lipinski definition) is 6. The van der Waals surface area contributed by atoms with E-state index < -0.39 is 0 Å². The molecule has 4 aromatic rings. The van der Waals surface area contributed by atoms with Gasteiger partial charge < -0.3 is 4.42 Å². The molecule has 154 valence electrons. The standard InChI is InChI=1S/C23H19N5O2S/c29-21(27-14-13-19(26-27)17-8-3-1-4-9-17)16-31-23-25-24-22(20-12-7-15-30-20)28(23)18-10-5-2-6-11-18/h1-12,15H,13-14,16H2. The molecule has 0 atom stereocenters. The van der Waals surface area contributed by atoms with Crippen molar-refractivity contribution in [2.24, 2.45) is 5.10 Å². The lowest BCUT2D eigenvalue weighted by molar-refractivity contribution is -0.127. The molecule has 0 aliphatic carbocycles. The van der Waals surface area contributed by atoms with Crippen LogP contribution in [0.1, 0.15) is 12.0 Å². The Labute approximate surface area is 183 Å². The van der Waals surface area contributed by atoms with Crippen molar-refractivity contribution in [1.29, 1.82) is 0 Å². The third-order valence-corrected chi connectivity index (χ3v) is 5.82. The fourth-order valence-electron chi connectivity index (χ4n) is 3.41. The van der Waals surface area contributed by atoms with Gasteiger partial charge in [0.1, 0.15) is 0 Å². The Kier molecular flexibility index (Phi) is 5.37. The summed E-state index contributed by atoms with van der Waals surface area (Å²) in [4.78, 5) is 12.8. The minimum atomic E-state index is -0.0573. The first kappa shape index (κ1) is 19.3. The number of hydrazone groups is 1. The molecule has 0 radical (unpaired) electrons. The first-order valence-electron chi connectivity index (χ1n) is 9.90. The minimum absolute atomic E-state index is 0.0573. The summed E-state index contributed by atoms with van der Waals surface area (Å²) < 4.78 is 7.43. The van der Waals surface area contributed by atoms with Crippen LogP contribution in [0.5, 0.6) is 0 Å². The molecule has 1 aliphatic heterocycles. The Hall–Kier alpha value is -3.65. The average molecular weight is 430 g/mol. The summed E-state index contributed by atoms with van der Waals surface area (Å²) in [5.41, 5.74) is 2.89. The molecular formula is C23H19N5O2S. The summed E-state index contributed by atoms with van der Waals surface area (Å²) in [5, 5.41) is 15.3. The maximum absolute atomic E-state index is 12.8. The third kappa shape index (κ3) is 4.02. The van der Waals surface area contributed by atoms with Gasteiger partial charge >= 0.3 is 0 Å². The van der Waals surface area contributed by atoms with Gasteiger partial charge in [0.15, 0.2) is 10.9 Å². The topological polar surface area (TPSA) is 76.5 Å². The molecule has 1 amide bonds. The largest absolute Gasteiger partial charge is 0.461 e. The molecule has 3 heterocycles. The number of thioether (sulfide) groups is 1. The highest BCUT2D eigenvalue weighted by molar-refractivity contribution is 7.99. The van der Waals surface area contributed by atoms with Crippen LogP contribution in [0.4, 0.5) is 0 Å². The number of amides is 1. The van der Waals surface area contributed by atoms with Crippen LogP contribution in [-0.4, -0.2) is 43.7 Å². The van der Waals surface area contributed by atoms with Crippen molar-refractivity contribution in [3.8, 4) is 17.3 Å². The van der Waals surface area contributed by atoms with E-state index in [1.807, 2.05) is 77.4 Å². The Bertz CT molecular complexity index is 1200. The molecule has 0 N–H and O–H groups in total. The van der Waals surface area contributed by atoms with Gasteiger partial charge in [0.25, 0.3) is 5.91 Å². The van der Waals surface area contributed by atoms with Crippen LogP contribution in [0.2, 0.25) is 0 Å². The van der Waals surface area contributed by atoms with Gasteiger partial charge in [-0.1, -0.05) is 60.3 Å². The molecule has 0 fully saturated rings. The van der Waals surface area contributed by atoms with Gasteiger partial charge in [-0.2, -0.15) is 5.10 Å². The van der Waals surface area contributed by atoms with Crippen LogP contribution >= 0.6 is 11.8 Å². The lowest BCUT2D eigenvalue weighted by Gasteiger charge is -2.12. The summed E-state index contributed by atoms with van der Waals surface area (Å²) >= 11 is 1.34. The summed E-state index contributed by atoms with van der Waals surface area (Å²) in [5.74, 6) is 1.37. The number of aromatic nitrogens is 3. The zero-order valence-electron chi connectivity index (χ0n) is 16.6. The van der Waals surface area contributed by atoms with E-state index in [1.165, 1.54) is 11.8 Å². The summed E-state index contributed by atoms with van der Waals surface area (Å²) in [6.45, 7) is 0.590. The van der Waals surface area contributed by atoms with Crippen molar-refractivity contribution < 1.29 is 9.21 Å². The summed E-state index contributed by atoms with van der Waals surface area (Å²) in [7, 11) is 0. The second kappa shape index (κ2) is 8.61. The predicted molar refractivity (Wildman–Crippen MR) is 119 cm³/mol. The molecule has 2 aromatic heterocycles. The van der Waals surface area contributed by atoms with E-state index in [4.69, 9.17) is 4.42 Å². The van der Waals surface area contributed by atoms with Crippen molar-refractivity contribution in [1.82, 2.24) is 19.8 Å². The zero-order chi connectivity index (χ0) is 21.0. The first-order valence-corrected chi connectivity index (χ1v) is 10.9. The number of furan rings is 1. The molecule has 8 heteroatoms. The first-order chi connectivity index (χ1) is 15.3. The fraction of sp³-hybridized carbons (Fsp3) is 0.130. The minimum Gasteiger partial charge on any atom is -0.461 e. The lowest BCUT2D eigenvalue weighted by Crippen LogP contribution is -2.25. The second-order valence-corrected chi connectivity index (χ2v) is 7.87. The van der Waals surface area contributed by atoms with E-state index in [-0.39, 0.29) is 11.7 Å². The number of carbonyl (C=O) groups excluding carboxylic acids is 1. The fourth-order valence-corrected chi connectivity index (χ4v) is 4.23. The Morgan fingerprint density at radius 3 is 2.48 bits per heavy atom. The van der Waals surface area contributed by atoms with Crippen LogP contribution in [0.25, 0.3) is 17.3 Å². The zero-order valence-corrected chi connectivity index (χ0v) is 17.4. The van der Waals surface area contributed by atoms with Crippen LogP contribution in [0.15, 0.2) is 93.7 Å². The third-order valence-electron chi connectivity index (χ3n) is 4.91. The van der Waals surface area contributed by atoms with Crippen LogP contribution in [0.3, 0.4) is 0 Å². The summed E-state index contributed by atoms with van der Waals surface area (Å²) in [6, 6.07) is 23.4. The lowest BCUT2D eigenvalue weighted by atomic mass is 10.1. The maximum Gasteiger partial charge on any atom is 0.253 e. The Balaban J connectivity index is 1.35. The van der Waals surface area contributed by atoms with E-state index in [0.717, 1.165) is 23.4 Å². The molecule has 2 aromatic carbocycles. The van der Waals surface area contributed by atoms with Crippen molar-refractivity contribution in [2.45, 2.75) is 11.6 Å². The van der Waals surface area contributed by atoms with Crippen molar-refractivity contribution in [2.75, 3.05) is 12.3 Å². The smallest absolute Gasteiger partial charge is 0.253 e. The normalized spacial score (nSPS) is 13.4. The van der Waals surface area contributed by atoms with Gasteiger partial charge in [0.2, 0.25) is 5.82 Å². The highest BCUT2D eigenvalue weighted by Gasteiger charge is 2.23. The molecule has 7 nitrogen and oxygen atoms in total. The highest BCUT2D eigenvalue weighted by atomic mass is 32.2. The van der Waals surface area contributed by atoms with Gasteiger partial charge in [-0.05, 0) is 29.8 Å². The average Bonchev–Trinajstić information content (AvgIpc) is 3.59. The molecule has 31 heavy (non-hydrogen) atoms. The van der Waals surface area contributed by atoms with Crippen molar-refractivity contribution in [3.63, 3.8) is 0 Å². The quantitative estimate of drug-likeness (QED) is 0.428. The number of nitrogens with zero attached hydrogens (tertiary/aromatic N) is 5. The predicted octanol–water partition coefficient (Wildman–Crippen LogP) is 4.26. The van der Waals surface area contributed by atoms with E-state index in [1.54, 1.807) is 11.3 Å². The molecule has 0 spiro atoms. The van der Waals surface area contributed by atoms with Crippen molar-refractivity contribution in [3.05, 3.63) is 84.6 Å². The van der Waals surface area contributed by atoms with Gasteiger partial charge in [0.05, 0.1) is 24.3 Å². The number of rotatable bonds is 6. The van der Waals surface area contributed by atoms with Gasteiger partial charge in [0, 0.05) is 12.1 Å². The number of hydrogen-bond donors (Lipinski definition) is 0. The van der Waals surface area contributed by atoms with Crippen LogP contribution in [0, 0.1) is 0 Å². The Morgan fingerprint density at radius 1 is 0.968 bits per heavy atom. The van der Waals surface area contributed by atoms with Gasteiger partial charge in [-0.15, -0.1) is 10.2 Å². The molecular weight excluding hydrogens is 410 g/mol. The van der Waals surface area contributed by atoms with Gasteiger partial charge in [-0.3, -0.25) is 9.36 Å².